The van der Waals surface area contributed by atoms with Crippen LogP contribution in [0.15, 0.2) is 24.3 Å². The number of ether oxygens (including phenoxy) is 1. The summed E-state index contributed by atoms with van der Waals surface area (Å²) < 4.78 is 41.8. The highest BCUT2D eigenvalue weighted by molar-refractivity contribution is 5.26. The Hall–Kier alpha value is -1.23. The molecule has 21 heavy (non-hydrogen) atoms. The second kappa shape index (κ2) is 8.27. The summed E-state index contributed by atoms with van der Waals surface area (Å²) >= 11 is 0. The minimum Gasteiger partial charge on any atom is -0.492 e. The zero-order valence-corrected chi connectivity index (χ0v) is 12.8. The lowest BCUT2D eigenvalue weighted by atomic mass is 10.1. The molecular weight excluding hydrogens is 279 g/mol. The first-order valence-corrected chi connectivity index (χ1v) is 7.28. The molecule has 0 heterocycles. The standard InChI is InChI=1S/C16H24F3NO/c1-12-6-8-15(9-7-12)21-11-14(3)20-13(2)5-4-10-16(17,18)19/h6-9,13-14,20H,4-5,10-11H2,1-3H3. The van der Waals surface area contributed by atoms with E-state index in [4.69, 9.17) is 4.74 Å². The van der Waals surface area contributed by atoms with Crippen LogP contribution in [0.1, 0.15) is 38.7 Å². The zero-order valence-electron chi connectivity index (χ0n) is 12.8. The van der Waals surface area contributed by atoms with E-state index in [0.29, 0.717) is 13.0 Å². The SMILES string of the molecule is Cc1ccc(OCC(C)NC(C)CCCC(F)(F)F)cc1. The fourth-order valence-corrected chi connectivity index (χ4v) is 2.08. The Morgan fingerprint density at radius 1 is 1.10 bits per heavy atom. The van der Waals surface area contributed by atoms with Crippen molar-refractivity contribution < 1.29 is 17.9 Å². The van der Waals surface area contributed by atoms with Gasteiger partial charge in [0.25, 0.3) is 0 Å². The summed E-state index contributed by atoms with van der Waals surface area (Å²) in [5, 5.41) is 3.26. The van der Waals surface area contributed by atoms with Gasteiger partial charge in [-0.05, 0) is 45.7 Å². The third-order valence-electron chi connectivity index (χ3n) is 3.19. The van der Waals surface area contributed by atoms with E-state index in [2.05, 4.69) is 5.32 Å². The average molecular weight is 303 g/mol. The van der Waals surface area contributed by atoms with Gasteiger partial charge >= 0.3 is 6.18 Å². The summed E-state index contributed by atoms with van der Waals surface area (Å²) in [5.41, 5.74) is 1.17. The molecule has 0 bridgehead atoms. The number of hydrogen-bond donors (Lipinski definition) is 1. The molecule has 2 nitrogen and oxygen atoms in total. The maximum Gasteiger partial charge on any atom is 0.389 e. The van der Waals surface area contributed by atoms with Crippen molar-refractivity contribution in [2.24, 2.45) is 0 Å². The van der Waals surface area contributed by atoms with Crippen LogP contribution < -0.4 is 10.1 Å². The average Bonchev–Trinajstić information content (AvgIpc) is 2.36. The maximum absolute atomic E-state index is 12.1. The molecule has 120 valence electrons. The fraction of sp³-hybridized carbons (Fsp3) is 0.625. The molecule has 1 aromatic rings. The van der Waals surface area contributed by atoms with Crippen LogP contribution in [0.5, 0.6) is 5.75 Å². The number of alkyl halides is 3. The highest BCUT2D eigenvalue weighted by Gasteiger charge is 2.26. The largest absolute Gasteiger partial charge is 0.492 e. The lowest BCUT2D eigenvalue weighted by molar-refractivity contribution is -0.135. The van der Waals surface area contributed by atoms with Gasteiger partial charge in [0.05, 0.1) is 0 Å². The van der Waals surface area contributed by atoms with Crippen LogP contribution in [-0.4, -0.2) is 24.9 Å². The summed E-state index contributed by atoms with van der Waals surface area (Å²) in [4.78, 5) is 0. The van der Waals surface area contributed by atoms with Gasteiger partial charge in [0, 0.05) is 18.5 Å². The van der Waals surface area contributed by atoms with E-state index in [9.17, 15) is 13.2 Å². The Labute approximate surface area is 124 Å². The van der Waals surface area contributed by atoms with Gasteiger partial charge in [-0.15, -0.1) is 0 Å². The maximum atomic E-state index is 12.1. The Balaban J connectivity index is 2.20. The molecule has 2 atom stereocenters. The summed E-state index contributed by atoms with van der Waals surface area (Å²) in [5.74, 6) is 0.805. The van der Waals surface area contributed by atoms with Crippen LogP contribution >= 0.6 is 0 Å². The van der Waals surface area contributed by atoms with E-state index in [1.54, 1.807) is 0 Å². The molecule has 0 saturated heterocycles. The number of halogens is 3. The Bertz CT molecular complexity index is 403. The molecule has 0 aliphatic carbocycles. The predicted octanol–water partition coefficient (Wildman–Crippen LogP) is 4.47. The Morgan fingerprint density at radius 2 is 1.71 bits per heavy atom. The van der Waals surface area contributed by atoms with Gasteiger partial charge in [-0.25, -0.2) is 0 Å². The van der Waals surface area contributed by atoms with Gasteiger partial charge in [-0.3, -0.25) is 0 Å². The first-order chi connectivity index (χ1) is 9.76. The molecule has 2 unspecified atom stereocenters. The van der Waals surface area contributed by atoms with E-state index < -0.39 is 12.6 Å². The van der Waals surface area contributed by atoms with E-state index in [0.717, 1.165) is 5.75 Å². The quantitative estimate of drug-likeness (QED) is 0.765. The zero-order chi connectivity index (χ0) is 15.9. The van der Waals surface area contributed by atoms with E-state index in [1.165, 1.54) is 5.56 Å². The van der Waals surface area contributed by atoms with Crippen LogP contribution in [0.2, 0.25) is 0 Å². The van der Waals surface area contributed by atoms with Gasteiger partial charge in [0.2, 0.25) is 0 Å². The van der Waals surface area contributed by atoms with Crippen molar-refractivity contribution in [2.45, 2.75) is 58.3 Å². The highest BCUT2D eigenvalue weighted by Crippen LogP contribution is 2.22. The van der Waals surface area contributed by atoms with Crippen LogP contribution in [0, 0.1) is 6.92 Å². The molecule has 5 heteroatoms. The third kappa shape index (κ3) is 8.60. The first kappa shape index (κ1) is 17.8. The second-order valence-electron chi connectivity index (χ2n) is 5.60. The molecule has 1 N–H and O–H groups in total. The smallest absolute Gasteiger partial charge is 0.389 e. The van der Waals surface area contributed by atoms with Crippen LogP contribution in [-0.2, 0) is 0 Å². The van der Waals surface area contributed by atoms with Crippen molar-refractivity contribution in [1.29, 1.82) is 0 Å². The third-order valence-corrected chi connectivity index (χ3v) is 3.19. The van der Waals surface area contributed by atoms with Gasteiger partial charge in [0.1, 0.15) is 12.4 Å². The molecule has 0 amide bonds. The van der Waals surface area contributed by atoms with Crippen molar-refractivity contribution >= 4 is 0 Å². The number of rotatable bonds is 8. The molecule has 0 fully saturated rings. The van der Waals surface area contributed by atoms with Crippen molar-refractivity contribution in [3.05, 3.63) is 29.8 Å². The molecular formula is C16H24F3NO. The minimum atomic E-state index is -4.06. The summed E-state index contributed by atoms with van der Waals surface area (Å²) in [6, 6.07) is 7.92. The van der Waals surface area contributed by atoms with E-state index in [-0.39, 0.29) is 18.5 Å². The monoisotopic (exact) mass is 303 g/mol. The van der Waals surface area contributed by atoms with Crippen molar-refractivity contribution in [3.63, 3.8) is 0 Å². The normalized spacial score (nSPS) is 14.8. The molecule has 0 aliphatic rings. The number of aryl methyl sites for hydroxylation is 1. The van der Waals surface area contributed by atoms with Gasteiger partial charge in [0.15, 0.2) is 0 Å². The predicted molar refractivity (Wildman–Crippen MR) is 78.6 cm³/mol. The topological polar surface area (TPSA) is 21.3 Å². The van der Waals surface area contributed by atoms with Crippen LogP contribution in [0.3, 0.4) is 0 Å². The first-order valence-electron chi connectivity index (χ1n) is 7.28. The highest BCUT2D eigenvalue weighted by atomic mass is 19.4. The van der Waals surface area contributed by atoms with E-state index in [1.807, 2.05) is 45.0 Å². The molecule has 1 aromatic carbocycles. The molecule has 1 rings (SSSR count). The number of benzene rings is 1. The molecule has 0 spiro atoms. The Kier molecular flexibility index (Phi) is 7.02. The second-order valence-corrected chi connectivity index (χ2v) is 5.60. The van der Waals surface area contributed by atoms with Gasteiger partial charge in [-0.1, -0.05) is 17.7 Å². The molecule has 0 radical (unpaired) electrons. The Morgan fingerprint density at radius 3 is 2.29 bits per heavy atom. The summed E-state index contributed by atoms with van der Waals surface area (Å²) in [7, 11) is 0. The lowest BCUT2D eigenvalue weighted by Gasteiger charge is -2.20. The van der Waals surface area contributed by atoms with Gasteiger partial charge in [-0.2, -0.15) is 13.2 Å². The molecule has 0 aliphatic heterocycles. The summed E-state index contributed by atoms with van der Waals surface area (Å²) in [6.07, 6.45) is -4.11. The lowest BCUT2D eigenvalue weighted by Crippen LogP contribution is -2.38. The van der Waals surface area contributed by atoms with Crippen LogP contribution in [0.25, 0.3) is 0 Å². The molecule has 0 aromatic heterocycles. The van der Waals surface area contributed by atoms with Gasteiger partial charge < -0.3 is 10.1 Å². The minimum absolute atomic E-state index is 0.0453. The molecule has 0 saturated carbocycles. The van der Waals surface area contributed by atoms with Crippen molar-refractivity contribution in [3.8, 4) is 5.75 Å². The summed E-state index contributed by atoms with van der Waals surface area (Å²) in [6.45, 7) is 6.37. The number of hydrogen-bond acceptors (Lipinski definition) is 2. The van der Waals surface area contributed by atoms with Crippen molar-refractivity contribution in [1.82, 2.24) is 5.32 Å². The van der Waals surface area contributed by atoms with Crippen molar-refractivity contribution in [2.75, 3.05) is 6.61 Å². The van der Waals surface area contributed by atoms with E-state index >= 15 is 0 Å². The fourth-order valence-electron chi connectivity index (χ4n) is 2.08. The van der Waals surface area contributed by atoms with Crippen LogP contribution in [0.4, 0.5) is 13.2 Å². The number of nitrogens with one attached hydrogen (secondary N) is 1.